The standard InChI is InChI=1S/C15H16B/c1-3-11-12-8-4-6-10-7-5-9-13(14(10)12)15(11)16-2/h4-9,11,15H,3H2,1-2H3. The van der Waals surface area contributed by atoms with Crippen LogP contribution in [-0.2, 0) is 0 Å². The summed E-state index contributed by atoms with van der Waals surface area (Å²) in [5.41, 5.74) is 3.08. The van der Waals surface area contributed by atoms with Crippen molar-refractivity contribution in [3.05, 3.63) is 47.5 Å². The summed E-state index contributed by atoms with van der Waals surface area (Å²) in [6.07, 6.45) is 1.23. The lowest BCUT2D eigenvalue weighted by molar-refractivity contribution is 0.662. The maximum atomic E-state index is 2.36. The van der Waals surface area contributed by atoms with Crippen LogP contribution in [0.3, 0.4) is 0 Å². The van der Waals surface area contributed by atoms with E-state index in [2.05, 4.69) is 57.4 Å². The van der Waals surface area contributed by atoms with Gasteiger partial charge in [-0.3, -0.25) is 0 Å². The highest BCUT2D eigenvalue weighted by molar-refractivity contribution is 6.37. The second-order valence-corrected chi connectivity index (χ2v) is 4.67. The van der Waals surface area contributed by atoms with Gasteiger partial charge in [-0.2, -0.15) is 0 Å². The highest BCUT2D eigenvalue weighted by Crippen LogP contribution is 2.47. The van der Waals surface area contributed by atoms with Crippen LogP contribution < -0.4 is 0 Å². The number of hydrogen-bond donors (Lipinski definition) is 0. The Bertz CT molecular complexity index is 485. The first-order chi connectivity index (χ1) is 7.86. The molecule has 1 aliphatic carbocycles. The Morgan fingerprint density at radius 2 is 1.75 bits per heavy atom. The number of hydrogen-bond acceptors (Lipinski definition) is 0. The Morgan fingerprint density at radius 3 is 2.38 bits per heavy atom. The van der Waals surface area contributed by atoms with Gasteiger partial charge in [-0.05, 0) is 40.1 Å². The van der Waals surface area contributed by atoms with Gasteiger partial charge < -0.3 is 0 Å². The molecule has 2 atom stereocenters. The van der Waals surface area contributed by atoms with E-state index in [4.69, 9.17) is 0 Å². The van der Waals surface area contributed by atoms with Crippen molar-refractivity contribution in [1.82, 2.24) is 0 Å². The van der Waals surface area contributed by atoms with Gasteiger partial charge in [-0.1, -0.05) is 50.1 Å². The van der Waals surface area contributed by atoms with Gasteiger partial charge in [0.05, 0.1) is 0 Å². The summed E-state index contributed by atoms with van der Waals surface area (Å²) in [6, 6.07) is 13.5. The van der Waals surface area contributed by atoms with Crippen molar-refractivity contribution in [3.8, 4) is 0 Å². The predicted octanol–water partition coefficient (Wildman–Crippen LogP) is 4.14. The molecule has 2 aromatic rings. The fourth-order valence-corrected chi connectivity index (χ4v) is 3.28. The number of benzene rings is 2. The van der Waals surface area contributed by atoms with Crippen molar-refractivity contribution in [3.63, 3.8) is 0 Å². The molecular formula is C15H16B. The average molecular weight is 207 g/mol. The molecule has 0 fully saturated rings. The van der Waals surface area contributed by atoms with Crippen molar-refractivity contribution < 1.29 is 0 Å². The van der Waals surface area contributed by atoms with E-state index in [0.29, 0.717) is 11.7 Å². The molecule has 1 aliphatic rings. The van der Waals surface area contributed by atoms with E-state index in [1.54, 1.807) is 5.56 Å². The minimum atomic E-state index is 0.617. The summed E-state index contributed by atoms with van der Waals surface area (Å²) in [5.74, 6) is 1.30. The van der Waals surface area contributed by atoms with Crippen LogP contribution in [0, 0.1) is 0 Å². The first-order valence-corrected chi connectivity index (χ1v) is 6.17. The Kier molecular flexibility index (Phi) is 2.28. The lowest BCUT2D eigenvalue weighted by atomic mass is 9.59. The average Bonchev–Trinajstić information content (AvgIpc) is 2.65. The highest BCUT2D eigenvalue weighted by Gasteiger charge is 2.31. The van der Waals surface area contributed by atoms with Crippen molar-refractivity contribution in [2.45, 2.75) is 31.9 Å². The molecule has 16 heavy (non-hydrogen) atoms. The van der Waals surface area contributed by atoms with E-state index in [9.17, 15) is 0 Å². The summed E-state index contributed by atoms with van der Waals surface area (Å²) in [7, 11) is 2.36. The molecule has 3 rings (SSSR count). The summed E-state index contributed by atoms with van der Waals surface area (Å²) >= 11 is 0. The molecule has 0 amide bonds. The minimum Gasteiger partial charge on any atom is -0.0913 e. The van der Waals surface area contributed by atoms with Gasteiger partial charge in [0.2, 0.25) is 0 Å². The van der Waals surface area contributed by atoms with Gasteiger partial charge in [0.1, 0.15) is 7.28 Å². The molecule has 0 aromatic heterocycles. The molecule has 0 nitrogen and oxygen atoms in total. The zero-order chi connectivity index (χ0) is 11.1. The molecular weight excluding hydrogens is 191 g/mol. The zero-order valence-electron chi connectivity index (χ0n) is 9.90. The zero-order valence-corrected chi connectivity index (χ0v) is 9.90. The van der Waals surface area contributed by atoms with Crippen molar-refractivity contribution in [2.24, 2.45) is 0 Å². The summed E-state index contributed by atoms with van der Waals surface area (Å²) in [5, 5.41) is 2.91. The first kappa shape index (κ1) is 9.95. The van der Waals surface area contributed by atoms with Gasteiger partial charge in [-0.25, -0.2) is 0 Å². The SMILES string of the molecule is C[B]C1c2cccc3cccc(c23)C1CC. The third-order valence-corrected chi connectivity index (χ3v) is 3.96. The van der Waals surface area contributed by atoms with E-state index < -0.39 is 0 Å². The van der Waals surface area contributed by atoms with Gasteiger partial charge in [0.25, 0.3) is 0 Å². The maximum Gasteiger partial charge on any atom is 0.116 e. The van der Waals surface area contributed by atoms with Crippen molar-refractivity contribution in [1.29, 1.82) is 0 Å². The monoisotopic (exact) mass is 207 g/mol. The predicted molar refractivity (Wildman–Crippen MR) is 71.3 cm³/mol. The molecule has 0 spiro atoms. The Labute approximate surface area is 97.9 Å². The Balaban J connectivity index is 2.34. The van der Waals surface area contributed by atoms with Gasteiger partial charge in [0, 0.05) is 0 Å². The quantitative estimate of drug-likeness (QED) is 0.649. The smallest absolute Gasteiger partial charge is 0.0913 e. The van der Waals surface area contributed by atoms with E-state index in [1.165, 1.54) is 22.8 Å². The second-order valence-electron chi connectivity index (χ2n) is 4.67. The molecule has 0 saturated carbocycles. The van der Waals surface area contributed by atoms with Crippen molar-refractivity contribution in [2.75, 3.05) is 0 Å². The molecule has 0 N–H and O–H groups in total. The fourth-order valence-electron chi connectivity index (χ4n) is 3.28. The van der Waals surface area contributed by atoms with Crippen LogP contribution in [0.4, 0.5) is 0 Å². The van der Waals surface area contributed by atoms with Crippen LogP contribution in [0.25, 0.3) is 10.8 Å². The van der Waals surface area contributed by atoms with Gasteiger partial charge in [0.15, 0.2) is 0 Å². The third kappa shape index (κ3) is 1.18. The van der Waals surface area contributed by atoms with Gasteiger partial charge in [-0.15, -0.1) is 0 Å². The molecule has 2 unspecified atom stereocenters. The van der Waals surface area contributed by atoms with Gasteiger partial charge >= 0.3 is 0 Å². The van der Waals surface area contributed by atoms with Crippen LogP contribution in [-0.4, -0.2) is 7.28 Å². The molecule has 0 heterocycles. The minimum absolute atomic E-state index is 0.617. The Morgan fingerprint density at radius 1 is 1.06 bits per heavy atom. The summed E-state index contributed by atoms with van der Waals surface area (Å²) < 4.78 is 0. The molecule has 0 aliphatic heterocycles. The molecule has 0 saturated heterocycles. The van der Waals surface area contributed by atoms with Crippen LogP contribution in [0.5, 0.6) is 0 Å². The molecule has 0 bridgehead atoms. The summed E-state index contributed by atoms with van der Waals surface area (Å²) in [4.78, 5) is 0. The van der Waals surface area contributed by atoms with E-state index in [1.807, 2.05) is 0 Å². The lowest BCUT2D eigenvalue weighted by Crippen LogP contribution is -2.09. The maximum absolute atomic E-state index is 2.36. The Hall–Kier alpha value is -1.24. The van der Waals surface area contributed by atoms with Crippen LogP contribution >= 0.6 is 0 Å². The van der Waals surface area contributed by atoms with E-state index in [-0.39, 0.29) is 0 Å². The molecule has 1 heteroatoms. The normalized spacial score (nSPS) is 22.6. The fraction of sp³-hybridized carbons (Fsp3) is 0.333. The van der Waals surface area contributed by atoms with Crippen LogP contribution in [0.15, 0.2) is 36.4 Å². The molecule has 79 valence electrons. The van der Waals surface area contributed by atoms with Crippen molar-refractivity contribution >= 4 is 18.1 Å². The summed E-state index contributed by atoms with van der Waals surface area (Å²) in [6.45, 7) is 4.49. The largest absolute Gasteiger partial charge is 0.116 e. The molecule has 1 radical (unpaired) electrons. The lowest BCUT2D eigenvalue weighted by Gasteiger charge is -2.17. The highest BCUT2D eigenvalue weighted by atomic mass is 14.3. The second kappa shape index (κ2) is 3.66. The molecule has 2 aromatic carbocycles. The van der Waals surface area contributed by atoms with Crippen LogP contribution in [0.1, 0.15) is 36.2 Å². The first-order valence-electron chi connectivity index (χ1n) is 6.17. The third-order valence-electron chi connectivity index (χ3n) is 3.96. The van der Waals surface area contributed by atoms with E-state index >= 15 is 0 Å². The van der Waals surface area contributed by atoms with Crippen LogP contribution in [0.2, 0.25) is 6.82 Å². The topological polar surface area (TPSA) is 0 Å². The number of rotatable bonds is 2. The van der Waals surface area contributed by atoms with E-state index in [0.717, 1.165) is 0 Å².